The fourth-order valence-electron chi connectivity index (χ4n) is 3.31. The molecule has 0 saturated carbocycles. The Balaban J connectivity index is 1.70. The van der Waals surface area contributed by atoms with Crippen LogP contribution >= 0.6 is 15.9 Å². The Labute approximate surface area is 186 Å². The van der Waals surface area contributed by atoms with Crippen LogP contribution in [0.2, 0.25) is 0 Å². The van der Waals surface area contributed by atoms with Gasteiger partial charge >= 0.3 is 5.97 Å². The number of esters is 1. The number of rotatable bonds is 5. The van der Waals surface area contributed by atoms with E-state index in [-0.39, 0.29) is 5.56 Å². The van der Waals surface area contributed by atoms with Gasteiger partial charge in [-0.05, 0) is 55.0 Å². The summed E-state index contributed by atoms with van der Waals surface area (Å²) in [5, 5.41) is 0.630. The first kappa shape index (κ1) is 20.9. The number of fused-ring (bicyclic) bond motifs is 1. The number of ketones is 1. The maximum absolute atomic E-state index is 13.1. The molecule has 0 fully saturated rings. The Morgan fingerprint density at radius 1 is 1.00 bits per heavy atom. The summed E-state index contributed by atoms with van der Waals surface area (Å²) in [6, 6.07) is 20.0. The molecular formula is C25H17BrFNO3. The van der Waals surface area contributed by atoms with E-state index in [1.807, 2.05) is 49.4 Å². The van der Waals surface area contributed by atoms with Crippen LogP contribution in [0.4, 0.5) is 4.39 Å². The second-order valence-corrected chi connectivity index (χ2v) is 7.96. The van der Waals surface area contributed by atoms with Gasteiger partial charge in [-0.3, -0.25) is 4.79 Å². The highest BCUT2D eigenvalue weighted by Gasteiger charge is 2.18. The van der Waals surface area contributed by atoms with Gasteiger partial charge in [0.1, 0.15) is 5.82 Å². The molecule has 0 saturated heterocycles. The highest BCUT2D eigenvalue weighted by Crippen LogP contribution is 2.30. The predicted molar refractivity (Wildman–Crippen MR) is 121 cm³/mol. The fraction of sp³-hybridized carbons (Fsp3) is 0.0800. The molecule has 31 heavy (non-hydrogen) atoms. The van der Waals surface area contributed by atoms with Gasteiger partial charge in [0.2, 0.25) is 0 Å². The van der Waals surface area contributed by atoms with Crippen LogP contribution < -0.4 is 0 Å². The van der Waals surface area contributed by atoms with Crippen LogP contribution in [0.5, 0.6) is 0 Å². The van der Waals surface area contributed by atoms with E-state index in [2.05, 4.69) is 15.9 Å². The van der Waals surface area contributed by atoms with Gasteiger partial charge in [-0.2, -0.15) is 0 Å². The van der Waals surface area contributed by atoms with Crippen molar-refractivity contribution in [2.24, 2.45) is 0 Å². The van der Waals surface area contributed by atoms with Crippen molar-refractivity contribution in [1.29, 1.82) is 0 Å². The number of Topliss-reactive ketones (excluding diaryl/α,β-unsaturated/α-hetero) is 1. The summed E-state index contributed by atoms with van der Waals surface area (Å²) in [4.78, 5) is 30.1. The van der Waals surface area contributed by atoms with Gasteiger partial charge in [-0.25, -0.2) is 14.2 Å². The third-order valence-electron chi connectivity index (χ3n) is 4.86. The van der Waals surface area contributed by atoms with Crippen LogP contribution in [-0.2, 0) is 4.74 Å². The number of halogens is 2. The quantitative estimate of drug-likeness (QED) is 0.255. The van der Waals surface area contributed by atoms with Gasteiger partial charge in [0.25, 0.3) is 0 Å². The molecule has 0 radical (unpaired) electrons. The molecule has 1 aromatic heterocycles. The molecule has 0 atom stereocenters. The summed E-state index contributed by atoms with van der Waals surface area (Å²) in [5.41, 5.74) is 3.68. The third kappa shape index (κ3) is 4.54. The lowest BCUT2D eigenvalue weighted by atomic mass is 10.0. The first-order valence-corrected chi connectivity index (χ1v) is 10.3. The van der Waals surface area contributed by atoms with E-state index >= 15 is 0 Å². The van der Waals surface area contributed by atoms with Crippen molar-refractivity contribution in [3.05, 3.63) is 99.8 Å². The van der Waals surface area contributed by atoms with E-state index in [9.17, 15) is 14.0 Å². The van der Waals surface area contributed by atoms with Gasteiger partial charge in [-0.15, -0.1) is 0 Å². The Bertz CT molecular complexity index is 1290. The van der Waals surface area contributed by atoms with Gasteiger partial charge in [-0.1, -0.05) is 46.3 Å². The smallest absolute Gasteiger partial charge is 0.339 e. The molecule has 4 aromatic rings. The van der Waals surface area contributed by atoms with Crippen LogP contribution in [-0.4, -0.2) is 23.3 Å². The fourth-order valence-corrected chi connectivity index (χ4v) is 3.88. The molecule has 154 valence electrons. The number of aryl methyl sites for hydroxylation is 1. The zero-order valence-electron chi connectivity index (χ0n) is 16.6. The Hall–Kier alpha value is -3.38. The highest BCUT2D eigenvalue weighted by atomic mass is 79.9. The molecule has 0 aliphatic rings. The molecule has 0 amide bonds. The van der Waals surface area contributed by atoms with Crippen molar-refractivity contribution in [2.75, 3.05) is 6.61 Å². The molecule has 4 nitrogen and oxygen atoms in total. The highest BCUT2D eigenvalue weighted by molar-refractivity contribution is 9.10. The average Bonchev–Trinajstić information content (AvgIpc) is 2.77. The first-order valence-electron chi connectivity index (χ1n) is 9.54. The van der Waals surface area contributed by atoms with Crippen molar-refractivity contribution >= 4 is 38.6 Å². The largest absolute Gasteiger partial charge is 0.454 e. The van der Waals surface area contributed by atoms with Crippen molar-refractivity contribution in [2.45, 2.75) is 6.92 Å². The molecule has 4 rings (SSSR count). The van der Waals surface area contributed by atoms with Crippen molar-refractivity contribution in [1.82, 2.24) is 4.98 Å². The number of carbonyl (C=O) groups excluding carboxylic acids is 2. The Morgan fingerprint density at radius 2 is 1.71 bits per heavy atom. The minimum atomic E-state index is -0.627. The second-order valence-electron chi connectivity index (χ2n) is 7.05. The van der Waals surface area contributed by atoms with Gasteiger partial charge in [0, 0.05) is 21.0 Å². The first-order chi connectivity index (χ1) is 14.9. The summed E-state index contributed by atoms with van der Waals surface area (Å²) in [7, 11) is 0. The monoisotopic (exact) mass is 477 g/mol. The van der Waals surface area contributed by atoms with Crippen LogP contribution in [0.25, 0.3) is 22.2 Å². The van der Waals surface area contributed by atoms with Crippen LogP contribution in [0.1, 0.15) is 26.3 Å². The number of ether oxygens (including phenoxy) is 1. The van der Waals surface area contributed by atoms with E-state index < -0.39 is 24.2 Å². The van der Waals surface area contributed by atoms with E-state index in [0.29, 0.717) is 22.2 Å². The van der Waals surface area contributed by atoms with Crippen molar-refractivity contribution in [3.63, 3.8) is 0 Å². The molecule has 0 aliphatic heterocycles. The Morgan fingerprint density at radius 3 is 2.42 bits per heavy atom. The van der Waals surface area contributed by atoms with Crippen molar-refractivity contribution < 1.29 is 18.7 Å². The molecule has 6 heteroatoms. The van der Waals surface area contributed by atoms with Gasteiger partial charge < -0.3 is 4.74 Å². The average molecular weight is 478 g/mol. The molecular weight excluding hydrogens is 461 g/mol. The minimum Gasteiger partial charge on any atom is -0.454 e. The maximum atomic E-state index is 13.1. The number of nitrogens with zero attached hydrogens (tertiary/aromatic N) is 1. The lowest BCUT2D eigenvalue weighted by Crippen LogP contribution is -2.15. The van der Waals surface area contributed by atoms with E-state index in [4.69, 9.17) is 9.72 Å². The lowest BCUT2D eigenvalue weighted by molar-refractivity contribution is 0.0476. The normalized spacial score (nSPS) is 10.8. The SMILES string of the molecule is Cc1cc(Br)cc2c(C(=O)OCC(=O)c3ccc(F)cc3)cc(-c3ccccc3)nc12. The van der Waals surface area contributed by atoms with Crippen LogP contribution in [0, 0.1) is 12.7 Å². The molecule has 1 heterocycles. The summed E-state index contributed by atoms with van der Waals surface area (Å²) in [5.74, 6) is -1.48. The molecule has 0 unspecified atom stereocenters. The maximum Gasteiger partial charge on any atom is 0.339 e. The van der Waals surface area contributed by atoms with E-state index in [1.165, 1.54) is 24.3 Å². The zero-order chi connectivity index (χ0) is 22.0. The number of aromatic nitrogens is 1. The summed E-state index contributed by atoms with van der Waals surface area (Å²) in [6.07, 6.45) is 0. The van der Waals surface area contributed by atoms with Crippen LogP contribution in [0.15, 0.2) is 77.3 Å². The molecule has 0 spiro atoms. The lowest BCUT2D eigenvalue weighted by Gasteiger charge is -2.12. The second kappa shape index (κ2) is 8.78. The zero-order valence-corrected chi connectivity index (χ0v) is 18.1. The number of hydrogen-bond acceptors (Lipinski definition) is 4. The van der Waals surface area contributed by atoms with Gasteiger partial charge in [0.15, 0.2) is 12.4 Å². The minimum absolute atomic E-state index is 0.275. The molecule has 0 aliphatic carbocycles. The summed E-state index contributed by atoms with van der Waals surface area (Å²) in [6.45, 7) is 1.48. The summed E-state index contributed by atoms with van der Waals surface area (Å²) >= 11 is 3.46. The van der Waals surface area contributed by atoms with E-state index in [1.54, 1.807) is 6.07 Å². The topological polar surface area (TPSA) is 56.3 Å². The third-order valence-corrected chi connectivity index (χ3v) is 5.32. The standard InChI is InChI=1S/C25H17BrFNO3/c1-15-11-18(26)12-20-21(13-22(28-24(15)20)16-5-3-2-4-6-16)25(30)31-14-23(29)17-7-9-19(27)10-8-17/h2-13H,14H2,1H3. The van der Waals surface area contributed by atoms with Crippen LogP contribution in [0.3, 0.4) is 0 Å². The van der Waals surface area contributed by atoms with Gasteiger partial charge in [0.05, 0.1) is 16.8 Å². The van der Waals surface area contributed by atoms with E-state index in [0.717, 1.165) is 15.6 Å². The number of carbonyl (C=O) groups is 2. The predicted octanol–water partition coefficient (Wildman–Crippen LogP) is 6.15. The molecule has 3 aromatic carbocycles. The molecule has 0 bridgehead atoms. The van der Waals surface area contributed by atoms with Crippen molar-refractivity contribution in [3.8, 4) is 11.3 Å². The summed E-state index contributed by atoms with van der Waals surface area (Å²) < 4.78 is 19.2. The number of pyridine rings is 1. The number of hydrogen-bond donors (Lipinski definition) is 0. The Kier molecular flexibility index (Phi) is 5.91. The molecule has 0 N–H and O–H groups in total. The number of benzene rings is 3.